The molecule has 3 aromatic carbocycles. The first-order valence-electron chi connectivity index (χ1n) is 12.4. The van der Waals surface area contributed by atoms with E-state index in [0.29, 0.717) is 23.0 Å². The Hall–Kier alpha value is -3.51. The van der Waals surface area contributed by atoms with Crippen molar-refractivity contribution in [3.63, 3.8) is 0 Å². The van der Waals surface area contributed by atoms with Gasteiger partial charge < -0.3 is 24.8 Å². The zero-order valence-corrected chi connectivity index (χ0v) is 21.8. The molecule has 2 N–H and O–H groups in total. The predicted octanol–water partition coefficient (Wildman–Crippen LogP) is 5.12. The minimum atomic E-state index is -0.429. The number of amides is 1. The third-order valence-electron chi connectivity index (χ3n) is 7.62. The van der Waals surface area contributed by atoms with Crippen LogP contribution in [0.2, 0.25) is 0 Å². The molecule has 0 saturated carbocycles. The molecule has 1 fully saturated rings. The molecule has 0 aliphatic carbocycles. The lowest BCUT2D eigenvalue weighted by atomic mass is 9.68. The van der Waals surface area contributed by atoms with Crippen molar-refractivity contribution in [3.8, 4) is 17.2 Å². The van der Waals surface area contributed by atoms with E-state index in [2.05, 4.69) is 30.5 Å². The number of ether oxygens (including phenoxy) is 3. The lowest BCUT2D eigenvalue weighted by Crippen LogP contribution is -2.45. The van der Waals surface area contributed by atoms with E-state index in [1.54, 1.807) is 21.3 Å². The molecule has 1 aliphatic rings. The third-order valence-corrected chi connectivity index (χ3v) is 7.62. The molecule has 1 unspecified atom stereocenters. The molecule has 1 heterocycles. The Morgan fingerprint density at radius 2 is 1.69 bits per heavy atom. The van der Waals surface area contributed by atoms with E-state index >= 15 is 0 Å². The number of carbonyl (C=O) groups is 1. The van der Waals surface area contributed by atoms with Crippen LogP contribution in [0.5, 0.6) is 17.2 Å². The number of benzene rings is 3. The van der Waals surface area contributed by atoms with Gasteiger partial charge in [-0.2, -0.15) is 0 Å². The van der Waals surface area contributed by atoms with Crippen LogP contribution in [0.15, 0.2) is 66.7 Å². The highest BCUT2D eigenvalue weighted by atomic mass is 16.5. The molecule has 4 rings (SSSR count). The highest BCUT2D eigenvalue weighted by Crippen LogP contribution is 2.38. The molecular weight excluding hydrogens is 452 g/mol. The van der Waals surface area contributed by atoms with E-state index in [1.807, 2.05) is 60.7 Å². The van der Waals surface area contributed by atoms with Gasteiger partial charge in [0.2, 0.25) is 0 Å². The van der Waals surface area contributed by atoms with Crippen molar-refractivity contribution < 1.29 is 19.0 Å². The van der Waals surface area contributed by atoms with Crippen LogP contribution in [0.3, 0.4) is 0 Å². The van der Waals surface area contributed by atoms with Gasteiger partial charge in [0.1, 0.15) is 17.2 Å². The number of methoxy groups -OCH3 is 3. The molecule has 0 spiro atoms. The second-order valence-electron chi connectivity index (χ2n) is 9.64. The summed E-state index contributed by atoms with van der Waals surface area (Å²) in [5.41, 5.74) is 3.63. The van der Waals surface area contributed by atoms with Crippen LogP contribution in [0.4, 0.5) is 0 Å². The number of nitrogens with one attached hydrogen (secondary N) is 2. The normalized spacial score (nSPS) is 20.3. The van der Waals surface area contributed by atoms with Gasteiger partial charge in [-0.1, -0.05) is 38.1 Å². The predicted molar refractivity (Wildman–Crippen MR) is 142 cm³/mol. The standard InChI is InChI=1S/C30H36N2O4/c1-20-19-31-16-15-30(20,2)23-8-6-7-22(17-23)29(33)32-28(21-9-11-24(34-3)12-10-21)26-14-13-25(35-4)18-27(26)36-5/h6-14,17-18,20,28,31H,15-16,19H2,1-5H3,(H,32,33)/t20-,28?,30+/m0/s1. The van der Waals surface area contributed by atoms with Gasteiger partial charge in [-0.3, -0.25) is 4.79 Å². The number of hydrogen-bond acceptors (Lipinski definition) is 5. The Labute approximate surface area is 214 Å². The average Bonchev–Trinajstić information content (AvgIpc) is 2.93. The SMILES string of the molecule is COc1ccc(C(NC(=O)c2cccc([C@]3(C)CCNC[C@@H]3C)c2)c2ccc(OC)cc2OC)cc1. The smallest absolute Gasteiger partial charge is 0.252 e. The van der Waals surface area contributed by atoms with E-state index < -0.39 is 6.04 Å². The molecule has 3 aromatic rings. The van der Waals surface area contributed by atoms with Crippen LogP contribution >= 0.6 is 0 Å². The summed E-state index contributed by atoms with van der Waals surface area (Å²) in [5.74, 6) is 2.41. The molecule has 0 bridgehead atoms. The molecular formula is C30H36N2O4. The third kappa shape index (κ3) is 5.19. The molecule has 6 nitrogen and oxygen atoms in total. The summed E-state index contributed by atoms with van der Waals surface area (Å²) < 4.78 is 16.4. The Bertz CT molecular complexity index is 1190. The Morgan fingerprint density at radius 1 is 0.972 bits per heavy atom. The lowest BCUT2D eigenvalue weighted by molar-refractivity contribution is 0.0942. The van der Waals surface area contributed by atoms with E-state index in [9.17, 15) is 4.79 Å². The average molecular weight is 489 g/mol. The van der Waals surface area contributed by atoms with E-state index in [0.717, 1.165) is 36.4 Å². The van der Waals surface area contributed by atoms with Gasteiger partial charge in [-0.25, -0.2) is 0 Å². The van der Waals surface area contributed by atoms with Crippen LogP contribution in [0.25, 0.3) is 0 Å². The minimum Gasteiger partial charge on any atom is -0.497 e. The summed E-state index contributed by atoms with van der Waals surface area (Å²) in [6.07, 6.45) is 1.04. The van der Waals surface area contributed by atoms with Gasteiger partial charge in [0.05, 0.1) is 27.4 Å². The highest BCUT2D eigenvalue weighted by Gasteiger charge is 2.35. The van der Waals surface area contributed by atoms with E-state index in [1.165, 1.54) is 5.56 Å². The van der Waals surface area contributed by atoms with Crippen molar-refractivity contribution in [2.45, 2.75) is 31.7 Å². The summed E-state index contributed by atoms with van der Waals surface area (Å²) in [6.45, 7) is 6.53. The largest absolute Gasteiger partial charge is 0.497 e. The second-order valence-corrected chi connectivity index (χ2v) is 9.64. The molecule has 1 saturated heterocycles. The maximum Gasteiger partial charge on any atom is 0.252 e. The maximum atomic E-state index is 13.7. The first kappa shape index (κ1) is 25.6. The van der Waals surface area contributed by atoms with Crippen LogP contribution in [-0.2, 0) is 5.41 Å². The van der Waals surface area contributed by atoms with Crippen molar-refractivity contribution in [2.24, 2.45) is 5.92 Å². The van der Waals surface area contributed by atoms with Crippen molar-refractivity contribution in [2.75, 3.05) is 34.4 Å². The van der Waals surface area contributed by atoms with Gasteiger partial charge in [-0.15, -0.1) is 0 Å². The monoisotopic (exact) mass is 488 g/mol. The zero-order valence-electron chi connectivity index (χ0n) is 21.8. The van der Waals surface area contributed by atoms with Gasteiger partial charge in [0.25, 0.3) is 5.91 Å². The van der Waals surface area contributed by atoms with Crippen molar-refractivity contribution in [1.82, 2.24) is 10.6 Å². The molecule has 6 heteroatoms. The minimum absolute atomic E-state index is 0.0239. The quantitative estimate of drug-likeness (QED) is 0.461. The fourth-order valence-electron chi connectivity index (χ4n) is 4.99. The van der Waals surface area contributed by atoms with Crippen molar-refractivity contribution in [1.29, 1.82) is 0 Å². The summed E-state index contributed by atoms with van der Waals surface area (Å²) in [6, 6.07) is 21.0. The molecule has 1 amide bonds. The molecule has 1 aliphatic heterocycles. The molecule has 3 atom stereocenters. The zero-order chi connectivity index (χ0) is 25.7. The summed E-state index contributed by atoms with van der Waals surface area (Å²) in [4.78, 5) is 13.7. The summed E-state index contributed by atoms with van der Waals surface area (Å²) >= 11 is 0. The Kier molecular flexibility index (Phi) is 7.85. The van der Waals surface area contributed by atoms with Crippen LogP contribution in [0.1, 0.15) is 53.4 Å². The Morgan fingerprint density at radius 3 is 2.36 bits per heavy atom. The fourth-order valence-corrected chi connectivity index (χ4v) is 4.99. The number of carbonyl (C=O) groups excluding carboxylic acids is 1. The van der Waals surface area contributed by atoms with Gasteiger partial charge in [0.15, 0.2) is 0 Å². The van der Waals surface area contributed by atoms with Crippen LogP contribution in [-0.4, -0.2) is 40.3 Å². The van der Waals surface area contributed by atoms with Crippen molar-refractivity contribution in [3.05, 3.63) is 89.0 Å². The molecule has 0 aromatic heterocycles. The first-order chi connectivity index (χ1) is 17.4. The van der Waals surface area contributed by atoms with Gasteiger partial charge in [0, 0.05) is 17.2 Å². The van der Waals surface area contributed by atoms with Gasteiger partial charge >= 0.3 is 0 Å². The van der Waals surface area contributed by atoms with E-state index in [-0.39, 0.29) is 11.3 Å². The number of rotatable bonds is 8. The topological polar surface area (TPSA) is 68.8 Å². The lowest BCUT2D eigenvalue weighted by Gasteiger charge is -2.41. The van der Waals surface area contributed by atoms with Crippen LogP contribution in [0, 0.1) is 5.92 Å². The fraction of sp³-hybridized carbons (Fsp3) is 0.367. The molecule has 36 heavy (non-hydrogen) atoms. The first-order valence-corrected chi connectivity index (χ1v) is 12.4. The second kappa shape index (κ2) is 11.0. The highest BCUT2D eigenvalue weighted by molar-refractivity contribution is 5.95. The van der Waals surface area contributed by atoms with Crippen LogP contribution < -0.4 is 24.8 Å². The number of piperidine rings is 1. The summed E-state index contributed by atoms with van der Waals surface area (Å²) in [5, 5.41) is 6.73. The van der Waals surface area contributed by atoms with E-state index in [4.69, 9.17) is 14.2 Å². The molecule has 0 radical (unpaired) electrons. The maximum absolute atomic E-state index is 13.7. The molecule has 190 valence electrons. The number of hydrogen-bond donors (Lipinski definition) is 2. The van der Waals surface area contributed by atoms with Gasteiger partial charge in [-0.05, 0) is 78.4 Å². The summed E-state index contributed by atoms with van der Waals surface area (Å²) in [7, 11) is 4.88. The van der Waals surface area contributed by atoms with Crippen molar-refractivity contribution >= 4 is 5.91 Å². The Balaban J connectivity index is 1.69.